The van der Waals surface area contributed by atoms with Gasteiger partial charge in [0.15, 0.2) is 0 Å². The molecule has 0 radical (unpaired) electrons. The molecule has 2 unspecified atom stereocenters. The van der Waals surface area contributed by atoms with Crippen LogP contribution in [0.4, 0.5) is 0 Å². The van der Waals surface area contributed by atoms with E-state index >= 15 is 0 Å². The average molecular weight is 352 g/mol. The van der Waals surface area contributed by atoms with Crippen molar-refractivity contribution < 1.29 is 4.74 Å². The van der Waals surface area contributed by atoms with Crippen LogP contribution in [0.15, 0.2) is 0 Å². The van der Waals surface area contributed by atoms with E-state index in [1.54, 1.807) is 0 Å². The number of alkyl halides is 2. The molecule has 0 bridgehead atoms. The Morgan fingerprint density at radius 1 is 1.56 bits per heavy atom. The highest BCUT2D eigenvalue weighted by Gasteiger charge is 2.41. The molecule has 0 saturated carbocycles. The molecular formula is C6H10I2O. The maximum atomic E-state index is 5.40. The topological polar surface area (TPSA) is 12.5 Å². The van der Waals surface area contributed by atoms with E-state index in [1.165, 1.54) is 12.8 Å². The van der Waals surface area contributed by atoms with Crippen LogP contribution in [0.5, 0.6) is 0 Å². The van der Waals surface area contributed by atoms with Crippen molar-refractivity contribution in [2.24, 2.45) is 0 Å². The van der Waals surface area contributed by atoms with Gasteiger partial charge >= 0.3 is 0 Å². The van der Waals surface area contributed by atoms with E-state index < -0.39 is 0 Å². The van der Waals surface area contributed by atoms with Gasteiger partial charge in [-0.25, -0.2) is 0 Å². The molecule has 9 heavy (non-hydrogen) atoms. The molecule has 1 nitrogen and oxygen atoms in total. The first-order valence-corrected chi connectivity index (χ1v) is 5.68. The number of halogens is 2. The molecule has 0 spiro atoms. The molecule has 0 amide bonds. The van der Waals surface area contributed by atoms with Gasteiger partial charge in [0.1, 0.15) is 6.10 Å². The molecule has 0 aromatic heterocycles. The van der Waals surface area contributed by atoms with Crippen LogP contribution in [-0.4, -0.2) is 14.1 Å². The lowest BCUT2D eigenvalue weighted by Gasteiger charge is -1.91. The van der Waals surface area contributed by atoms with Crippen molar-refractivity contribution in [3.8, 4) is 0 Å². The van der Waals surface area contributed by atoms with E-state index in [9.17, 15) is 0 Å². The third kappa shape index (κ3) is 2.49. The maximum absolute atomic E-state index is 5.40. The second-order valence-electron chi connectivity index (χ2n) is 2.26. The summed E-state index contributed by atoms with van der Waals surface area (Å²) in [5, 5.41) is 0. The van der Waals surface area contributed by atoms with Crippen LogP contribution >= 0.6 is 45.2 Å². The van der Waals surface area contributed by atoms with Gasteiger partial charge in [-0.15, -0.1) is 0 Å². The molecule has 0 aliphatic carbocycles. The minimum Gasteiger partial charge on any atom is -0.368 e. The van der Waals surface area contributed by atoms with Crippen LogP contribution in [0.3, 0.4) is 0 Å². The summed E-state index contributed by atoms with van der Waals surface area (Å²) in [5.74, 6) is 0. The Bertz CT molecular complexity index is 95.1. The first-order valence-electron chi connectivity index (χ1n) is 3.19. The van der Waals surface area contributed by atoms with Crippen molar-refractivity contribution in [1.82, 2.24) is 0 Å². The van der Waals surface area contributed by atoms with Gasteiger partial charge in [0.05, 0.1) is 8.04 Å². The number of epoxide rings is 1. The van der Waals surface area contributed by atoms with Crippen LogP contribution in [0.1, 0.15) is 19.8 Å². The minimum atomic E-state index is 0.561. The highest BCUT2D eigenvalue weighted by atomic mass is 127. The predicted octanol–water partition coefficient (Wildman–Crippen LogP) is 2.75. The van der Waals surface area contributed by atoms with Crippen molar-refractivity contribution in [3.63, 3.8) is 0 Å². The monoisotopic (exact) mass is 352 g/mol. The molecule has 1 fully saturated rings. The third-order valence-corrected chi connectivity index (χ3v) is 2.86. The molecule has 0 N–H and O–H groups in total. The van der Waals surface area contributed by atoms with Gasteiger partial charge in [0.2, 0.25) is 0 Å². The Morgan fingerprint density at radius 3 is 2.56 bits per heavy atom. The lowest BCUT2D eigenvalue weighted by Crippen LogP contribution is -2.00. The van der Waals surface area contributed by atoms with Crippen molar-refractivity contribution >= 4 is 45.2 Å². The Balaban J connectivity index is 2.09. The third-order valence-electron chi connectivity index (χ3n) is 1.44. The highest BCUT2D eigenvalue weighted by molar-refractivity contribution is 14.2. The Morgan fingerprint density at radius 2 is 2.22 bits per heavy atom. The average Bonchev–Trinajstić information content (AvgIpc) is 2.47. The highest BCUT2D eigenvalue weighted by Crippen LogP contribution is 2.36. The quantitative estimate of drug-likeness (QED) is 0.433. The number of hydrogen-bond donors (Lipinski definition) is 0. The van der Waals surface area contributed by atoms with Crippen LogP contribution < -0.4 is 0 Å². The normalized spacial score (nSPS) is 33.3. The standard InChI is InChI=1S/C6H10I2O/c1-2-3-4-5(9-4)6(7)8/h4-6H,2-3H2,1H3. The molecule has 54 valence electrons. The van der Waals surface area contributed by atoms with Crippen LogP contribution in [-0.2, 0) is 4.74 Å². The van der Waals surface area contributed by atoms with E-state index in [4.69, 9.17) is 4.74 Å². The maximum Gasteiger partial charge on any atom is 0.105 e. The fourth-order valence-corrected chi connectivity index (χ4v) is 2.16. The van der Waals surface area contributed by atoms with Crippen molar-refractivity contribution in [2.75, 3.05) is 0 Å². The lowest BCUT2D eigenvalue weighted by molar-refractivity contribution is 0.370. The smallest absolute Gasteiger partial charge is 0.105 e. The Kier molecular flexibility index (Phi) is 3.51. The molecular weight excluding hydrogens is 342 g/mol. The van der Waals surface area contributed by atoms with Gasteiger partial charge in [-0.2, -0.15) is 0 Å². The summed E-state index contributed by atoms with van der Waals surface area (Å²) in [5.41, 5.74) is 0. The summed E-state index contributed by atoms with van der Waals surface area (Å²) < 4.78 is 6.07. The molecule has 2 atom stereocenters. The second kappa shape index (κ2) is 3.71. The summed E-state index contributed by atoms with van der Waals surface area (Å²) in [4.78, 5) is 0. The van der Waals surface area contributed by atoms with Crippen molar-refractivity contribution in [2.45, 2.75) is 33.9 Å². The summed E-state index contributed by atoms with van der Waals surface area (Å²) in [7, 11) is 0. The largest absolute Gasteiger partial charge is 0.368 e. The zero-order valence-corrected chi connectivity index (χ0v) is 9.63. The van der Waals surface area contributed by atoms with Gasteiger partial charge in [0, 0.05) is 0 Å². The molecule has 1 saturated heterocycles. The van der Waals surface area contributed by atoms with Gasteiger partial charge < -0.3 is 4.74 Å². The Labute approximate surface area is 83.2 Å². The summed E-state index contributed by atoms with van der Waals surface area (Å²) in [6, 6.07) is 0. The van der Waals surface area contributed by atoms with Crippen molar-refractivity contribution in [1.29, 1.82) is 0 Å². The number of rotatable bonds is 3. The fourth-order valence-electron chi connectivity index (χ4n) is 0.895. The lowest BCUT2D eigenvalue weighted by atomic mass is 10.2. The Hall–Kier alpha value is 1.42. The minimum absolute atomic E-state index is 0.561. The zero-order chi connectivity index (χ0) is 6.85. The number of hydrogen-bond acceptors (Lipinski definition) is 1. The number of ether oxygens (including phenoxy) is 1. The van der Waals surface area contributed by atoms with Crippen LogP contribution in [0.2, 0.25) is 0 Å². The summed E-state index contributed by atoms with van der Waals surface area (Å²) >= 11 is 4.82. The second-order valence-corrected chi connectivity index (χ2v) is 7.33. The predicted molar refractivity (Wildman–Crippen MR) is 55.4 cm³/mol. The zero-order valence-electron chi connectivity index (χ0n) is 5.31. The molecule has 0 aromatic rings. The molecule has 0 aromatic carbocycles. The summed E-state index contributed by atoms with van der Waals surface area (Å²) in [6.45, 7) is 2.20. The van der Waals surface area contributed by atoms with Gasteiger partial charge in [0.25, 0.3) is 0 Å². The molecule has 3 heteroatoms. The fraction of sp³-hybridized carbons (Fsp3) is 1.00. The summed E-state index contributed by atoms with van der Waals surface area (Å²) in [6.07, 6.45) is 3.65. The molecule has 1 aliphatic heterocycles. The van der Waals surface area contributed by atoms with E-state index in [2.05, 4.69) is 52.1 Å². The van der Waals surface area contributed by atoms with Gasteiger partial charge in [-0.3, -0.25) is 0 Å². The van der Waals surface area contributed by atoms with E-state index in [0.29, 0.717) is 14.1 Å². The van der Waals surface area contributed by atoms with Crippen LogP contribution in [0, 0.1) is 0 Å². The molecule has 1 aliphatic rings. The van der Waals surface area contributed by atoms with Gasteiger partial charge in [-0.1, -0.05) is 58.5 Å². The van der Waals surface area contributed by atoms with E-state index in [-0.39, 0.29) is 0 Å². The first kappa shape index (κ1) is 8.52. The SMILES string of the molecule is CCCC1OC1C(I)I. The van der Waals surface area contributed by atoms with E-state index in [1.807, 2.05) is 0 Å². The van der Waals surface area contributed by atoms with Crippen LogP contribution in [0.25, 0.3) is 0 Å². The first-order chi connectivity index (χ1) is 4.25. The van der Waals surface area contributed by atoms with Gasteiger partial charge in [-0.05, 0) is 6.42 Å². The molecule has 1 heterocycles. The van der Waals surface area contributed by atoms with E-state index in [0.717, 1.165) is 0 Å². The molecule has 1 rings (SSSR count). The van der Waals surface area contributed by atoms with Crippen molar-refractivity contribution in [3.05, 3.63) is 0 Å².